The zero-order chi connectivity index (χ0) is 13.5. The first-order valence-corrected chi connectivity index (χ1v) is 7.06. The molecule has 1 aliphatic carbocycles. The van der Waals surface area contributed by atoms with Gasteiger partial charge in [-0.2, -0.15) is 0 Å². The Labute approximate surface area is 117 Å². The highest BCUT2D eigenvalue weighted by molar-refractivity contribution is 5.80. The highest BCUT2D eigenvalue weighted by Gasteiger charge is 2.29. The topological polar surface area (TPSA) is 61.7 Å². The first-order valence-electron chi connectivity index (χ1n) is 7.06. The Balaban J connectivity index is 1.87. The van der Waals surface area contributed by atoms with Gasteiger partial charge in [-0.25, -0.2) is 9.97 Å². The van der Waals surface area contributed by atoms with Gasteiger partial charge in [-0.05, 0) is 25.0 Å². The lowest BCUT2D eigenvalue weighted by Gasteiger charge is -2.05. The molecule has 0 aliphatic heterocycles. The first kappa shape index (κ1) is 11.7. The lowest BCUT2D eigenvalue weighted by molar-refractivity contribution is 0.707. The van der Waals surface area contributed by atoms with Gasteiger partial charge in [0.15, 0.2) is 5.82 Å². The van der Waals surface area contributed by atoms with Crippen LogP contribution in [-0.2, 0) is 6.54 Å². The van der Waals surface area contributed by atoms with Crippen LogP contribution in [0, 0.1) is 0 Å². The van der Waals surface area contributed by atoms with Gasteiger partial charge in [0.2, 0.25) is 0 Å². The van der Waals surface area contributed by atoms with Crippen LogP contribution in [0.15, 0.2) is 36.8 Å². The highest BCUT2D eigenvalue weighted by atomic mass is 15.2. The van der Waals surface area contributed by atoms with E-state index in [0.29, 0.717) is 12.6 Å². The SMILES string of the molecule is NCCn1cnc(-c2nc3ccccc3n2C2CC2)c1. The van der Waals surface area contributed by atoms with E-state index >= 15 is 0 Å². The number of rotatable bonds is 4. The maximum atomic E-state index is 5.59. The Bertz CT molecular complexity index is 751. The second-order valence-corrected chi connectivity index (χ2v) is 5.31. The normalized spacial score (nSPS) is 15.1. The van der Waals surface area contributed by atoms with Gasteiger partial charge >= 0.3 is 0 Å². The molecular formula is C15H17N5. The minimum atomic E-state index is 0.581. The molecule has 0 radical (unpaired) electrons. The largest absolute Gasteiger partial charge is 0.335 e. The van der Waals surface area contributed by atoms with E-state index in [1.165, 1.54) is 18.4 Å². The molecule has 0 bridgehead atoms. The van der Waals surface area contributed by atoms with Crippen molar-refractivity contribution in [2.45, 2.75) is 25.4 Å². The lowest BCUT2D eigenvalue weighted by Crippen LogP contribution is -2.07. The van der Waals surface area contributed by atoms with Gasteiger partial charge in [0.25, 0.3) is 0 Å². The minimum Gasteiger partial charge on any atom is -0.335 e. The smallest absolute Gasteiger partial charge is 0.161 e. The number of nitrogens with zero attached hydrogens (tertiary/aromatic N) is 4. The van der Waals surface area contributed by atoms with Crippen LogP contribution in [0.1, 0.15) is 18.9 Å². The average molecular weight is 267 g/mol. The Morgan fingerprint density at radius 1 is 1.25 bits per heavy atom. The monoisotopic (exact) mass is 267 g/mol. The van der Waals surface area contributed by atoms with Crippen LogP contribution in [0.25, 0.3) is 22.6 Å². The van der Waals surface area contributed by atoms with E-state index in [1.54, 1.807) is 0 Å². The summed E-state index contributed by atoms with van der Waals surface area (Å²) < 4.78 is 4.36. The fourth-order valence-electron chi connectivity index (χ4n) is 2.67. The number of benzene rings is 1. The van der Waals surface area contributed by atoms with Gasteiger partial charge in [0, 0.05) is 25.3 Å². The molecule has 1 saturated carbocycles. The molecule has 1 fully saturated rings. The summed E-state index contributed by atoms with van der Waals surface area (Å²) in [7, 11) is 0. The molecule has 5 heteroatoms. The number of aromatic nitrogens is 4. The van der Waals surface area contributed by atoms with Crippen molar-refractivity contribution in [1.29, 1.82) is 0 Å². The Morgan fingerprint density at radius 2 is 2.10 bits per heavy atom. The van der Waals surface area contributed by atoms with Gasteiger partial charge in [-0.3, -0.25) is 0 Å². The summed E-state index contributed by atoms with van der Waals surface area (Å²) in [5.41, 5.74) is 8.77. The van der Waals surface area contributed by atoms with Gasteiger partial charge in [-0.15, -0.1) is 0 Å². The number of para-hydroxylation sites is 2. The van der Waals surface area contributed by atoms with Crippen LogP contribution in [0.5, 0.6) is 0 Å². The first-order chi connectivity index (χ1) is 9.86. The molecule has 0 saturated heterocycles. The van der Waals surface area contributed by atoms with Crippen molar-refractivity contribution in [1.82, 2.24) is 19.1 Å². The lowest BCUT2D eigenvalue weighted by atomic mass is 10.3. The molecule has 2 aromatic heterocycles. The van der Waals surface area contributed by atoms with E-state index in [0.717, 1.165) is 23.6 Å². The Hall–Kier alpha value is -2.14. The van der Waals surface area contributed by atoms with Gasteiger partial charge in [0.1, 0.15) is 5.69 Å². The van der Waals surface area contributed by atoms with Crippen molar-refractivity contribution in [2.75, 3.05) is 6.54 Å². The molecule has 2 heterocycles. The third kappa shape index (κ3) is 1.82. The van der Waals surface area contributed by atoms with E-state index in [-0.39, 0.29) is 0 Å². The minimum absolute atomic E-state index is 0.581. The zero-order valence-electron chi connectivity index (χ0n) is 11.2. The van der Waals surface area contributed by atoms with Crippen LogP contribution in [-0.4, -0.2) is 25.6 Å². The molecule has 5 nitrogen and oxygen atoms in total. The third-order valence-corrected chi connectivity index (χ3v) is 3.76. The summed E-state index contributed by atoms with van der Waals surface area (Å²) in [6.45, 7) is 1.41. The van der Waals surface area contributed by atoms with Gasteiger partial charge in [0.05, 0.1) is 17.4 Å². The van der Waals surface area contributed by atoms with E-state index in [4.69, 9.17) is 10.7 Å². The predicted octanol–water partition coefficient (Wildman–Crippen LogP) is 2.19. The summed E-state index contributed by atoms with van der Waals surface area (Å²) in [5, 5.41) is 0. The van der Waals surface area contributed by atoms with E-state index in [2.05, 4.69) is 27.8 Å². The molecule has 2 N–H and O–H groups in total. The van der Waals surface area contributed by atoms with Crippen LogP contribution in [0.2, 0.25) is 0 Å². The number of fused-ring (bicyclic) bond motifs is 1. The van der Waals surface area contributed by atoms with E-state index in [1.807, 2.05) is 23.2 Å². The van der Waals surface area contributed by atoms with Crippen LogP contribution in [0.3, 0.4) is 0 Å². The Kier molecular flexibility index (Phi) is 2.60. The zero-order valence-corrected chi connectivity index (χ0v) is 11.2. The van der Waals surface area contributed by atoms with E-state index in [9.17, 15) is 0 Å². The van der Waals surface area contributed by atoms with Crippen LogP contribution in [0.4, 0.5) is 0 Å². The average Bonchev–Trinajstić information content (AvgIpc) is 3.07. The molecule has 20 heavy (non-hydrogen) atoms. The fourth-order valence-corrected chi connectivity index (χ4v) is 2.67. The maximum Gasteiger partial charge on any atom is 0.161 e. The molecule has 1 aliphatic rings. The number of nitrogens with two attached hydrogens (primary N) is 1. The molecule has 0 spiro atoms. The fraction of sp³-hybridized carbons (Fsp3) is 0.333. The molecule has 0 unspecified atom stereocenters. The maximum absolute atomic E-state index is 5.59. The highest BCUT2D eigenvalue weighted by Crippen LogP contribution is 2.40. The summed E-state index contributed by atoms with van der Waals surface area (Å²) in [6.07, 6.45) is 6.33. The number of hydrogen-bond acceptors (Lipinski definition) is 3. The van der Waals surface area contributed by atoms with Crippen molar-refractivity contribution in [3.63, 3.8) is 0 Å². The Morgan fingerprint density at radius 3 is 2.90 bits per heavy atom. The van der Waals surface area contributed by atoms with Crippen molar-refractivity contribution >= 4 is 11.0 Å². The standard InChI is InChI=1S/C15H17N5/c16-7-8-19-9-13(17-10-19)15-18-12-3-1-2-4-14(12)20(15)11-5-6-11/h1-4,9-11H,5-8,16H2. The van der Waals surface area contributed by atoms with Crippen molar-refractivity contribution in [3.05, 3.63) is 36.8 Å². The summed E-state index contributed by atoms with van der Waals surface area (Å²) in [4.78, 5) is 9.27. The van der Waals surface area contributed by atoms with Gasteiger partial charge < -0.3 is 14.9 Å². The molecule has 1 aromatic carbocycles. The quantitative estimate of drug-likeness (QED) is 0.788. The molecule has 102 valence electrons. The van der Waals surface area contributed by atoms with Crippen molar-refractivity contribution in [3.8, 4) is 11.5 Å². The third-order valence-electron chi connectivity index (χ3n) is 3.76. The van der Waals surface area contributed by atoms with Gasteiger partial charge in [-0.1, -0.05) is 12.1 Å². The summed E-state index contributed by atoms with van der Waals surface area (Å²) >= 11 is 0. The number of hydrogen-bond donors (Lipinski definition) is 1. The van der Waals surface area contributed by atoms with Crippen LogP contribution >= 0.6 is 0 Å². The number of imidazole rings is 2. The molecule has 3 aromatic rings. The second-order valence-electron chi connectivity index (χ2n) is 5.31. The van der Waals surface area contributed by atoms with E-state index < -0.39 is 0 Å². The molecule has 0 amide bonds. The van der Waals surface area contributed by atoms with Crippen LogP contribution < -0.4 is 5.73 Å². The molecular weight excluding hydrogens is 250 g/mol. The summed E-state index contributed by atoms with van der Waals surface area (Å²) in [5.74, 6) is 0.976. The molecule has 0 atom stereocenters. The van der Waals surface area contributed by atoms with Crippen molar-refractivity contribution < 1.29 is 0 Å². The van der Waals surface area contributed by atoms with Crippen molar-refractivity contribution in [2.24, 2.45) is 5.73 Å². The predicted molar refractivity (Wildman–Crippen MR) is 78.3 cm³/mol. The second kappa shape index (κ2) is 4.45. The summed E-state index contributed by atoms with van der Waals surface area (Å²) in [6, 6.07) is 8.88. The molecule has 4 rings (SSSR count).